The summed E-state index contributed by atoms with van der Waals surface area (Å²) in [6.07, 6.45) is 4.42. The Morgan fingerprint density at radius 1 is 0.950 bits per heavy atom. The Bertz CT molecular complexity index is 1460. The SMILES string of the molecule is CCCCN(CC(=O)N(CCc1c[nH]c2ccccc12)Cc1ccc(OC)cc1)C(=O)c1ccc2c(c1)OCO2. The Balaban J connectivity index is 1.35. The van der Waals surface area contributed by atoms with Gasteiger partial charge < -0.3 is 29.0 Å². The number of nitrogens with one attached hydrogen (secondary N) is 1. The number of amides is 2. The molecule has 40 heavy (non-hydrogen) atoms. The average Bonchev–Trinajstić information content (AvgIpc) is 3.64. The molecule has 5 rings (SSSR count). The van der Waals surface area contributed by atoms with Crippen LogP contribution in [0.5, 0.6) is 17.2 Å². The van der Waals surface area contributed by atoms with Crippen LogP contribution in [0.25, 0.3) is 10.9 Å². The fourth-order valence-corrected chi connectivity index (χ4v) is 4.91. The van der Waals surface area contributed by atoms with E-state index < -0.39 is 0 Å². The van der Waals surface area contributed by atoms with Crippen LogP contribution in [0.2, 0.25) is 0 Å². The third-order valence-electron chi connectivity index (χ3n) is 7.23. The van der Waals surface area contributed by atoms with E-state index in [9.17, 15) is 9.59 Å². The van der Waals surface area contributed by atoms with Gasteiger partial charge in [-0.05, 0) is 60.4 Å². The van der Waals surface area contributed by atoms with Crippen molar-refractivity contribution in [2.45, 2.75) is 32.7 Å². The molecular weight excluding hydrogens is 506 g/mol. The molecule has 0 radical (unpaired) electrons. The molecule has 1 aliphatic heterocycles. The quantitative estimate of drug-likeness (QED) is 0.259. The lowest BCUT2D eigenvalue weighted by Crippen LogP contribution is -2.43. The van der Waals surface area contributed by atoms with E-state index in [-0.39, 0.29) is 25.2 Å². The summed E-state index contributed by atoms with van der Waals surface area (Å²) < 4.78 is 16.2. The number of aromatic amines is 1. The number of aromatic nitrogens is 1. The van der Waals surface area contributed by atoms with Crippen molar-refractivity contribution in [2.75, 3.05) is 33.5 Å². The molecule has 4 aromatic rings. The third kappa shape index (κ3) is 6.22. The largest absolute Gasteiger partial charge is 0.497 e. The number of carbonyl (C=O) groups excluding carboxylic acids is 2. The summed E-state index contributed by atoms with van der Waals surface area (Å²) >= 11 is 0. The third-order valence-corrected chi connectivity index (χ3v) is 7.23. The number of methoxy groups -OCH3 is 1. The zero-order chi connectivity index (χ0) is 27.9. The molecular formula is C32H35N3O5. The van der Waals surface area contributed by atoms with E-state index in [2.05, 4.69) is 18.0 Å². The molecule has 208 valence electrons. The molecule has 0 saturated carbocycles. The van der Waals surface area contributed by atoms with Gasteiger partial charge in [0, 0.05) is 42.3 Å². The number of nitrogens with zero attached hydrogens (tertiary/aromatic N) is 2. The zero-order valence-electron chi connectivity index (χ0n) is 23.0. The molecule has 8 heteroatoms. The van der Waals surface area contributed by atoms with Crippen molar-refractivity contribution in [3.05, 3.63) is 89.6 Å². The smallest absolute Gasteiger partial charge is 0.254 e. The molecule has 0 atom stereocenters. The predicted octanol–water partition coefficient (Wildman–Crippen LogP) is 5.42. The van der Waals surface area contributed by atoms with Gasteiger partial charge in [0.2, 0.25) is 12.7 Å². The first-order chi connectivity index (χ1) is 19.6. The first-order valence-corrected chi connectivity index (χ1v) is 13.7. The molecule has 1 N–H and O–H groups in total. The number of rotatable bonds is 12. The van der Waals surface area contributed by atoms with Gasteiger partial charge in [0.25, 0.3) is 5.91 Å². The van der Waals surface area contributed by atoms with Crippen LogP contribution in [-0.2, 0) is 17.8 Å². The summed E-state index contributed by atoms with van der Waals surface area (Å²) in [7, 11) is 1.63. The number of hydrogen-bond acceptors (Lipinski definition) is 5. The topological polar surface area (TPSA) is 84.1 Å². The Morgan fingerprint density at radius 2 is 1.75 bits per heavy atom. The van der Waals surface area contributed by atoms with Gasteiger partial charge in [-0.15, -0.1) is 0 Å². The van der Waals surface area contributed by atoms with Crippen molar-refractivity contribution in [1.82, 2.24) is 14.8 Å². The Hall–Kier alpha value is -4.46. The minimum Gasteiger partial charge on any atom is -0.497 e. The van der Waals surface area contributed by atoms with Gasteiger partial charge in [-0.25, -0.2) is 0 Å². The van der Waals surface area contributed by atoms with Crippen molar-refractivity contribution in [1.29, 1.82) is 0 Å². The lowest BCUT2D eigenvalue weighted by atomic mass is 10.1. The minimum atomic E-state index is -0.193. The van der Waals surface area contributed by atoms with Crippen LogP contribution in [0.1, 0.15) is 41.3 Å². The van der Waals surface area contributed by atoms with Gasteiger partial charge >= 0.3 is 0 Å². The predicted molar refractivity (Wildman–Crippen MR) is 154 cm³/mol. The van der Waals surface area contributed by atoms with Gasteiger partial charge in [-0.3, -0.25) is 9.59 Å². The number of benzene rings is 3. The number of hydrogen-bond donors (Lipinski definition) is 1. The molecule has 0 spiro atoms. The Labute approximate surface area is 234 Å². The molecule has 2 amide bonds. The van der Waals surface area contributed by atoms with Crippen molar-refractivity contribution in [3.8, 4) is 17.2 Å². The maximum absolute atomic E-state index is 13.8. The molecule has 1 aliphatic rings. The Kier molecular flexibility index (Phi) is 8.54. The van der Waals surface area contributed by atoms with E-state index in [0.29, 0.717) is 43.1 Å². The van der Waals surface area contributed by atoms with Gasteiger partial charge in [0.1, 0.15) is 12.3 Å². The van der Waals surface area contributed by atoms with Crippen molar-refractivity contribution >= 4 is 22.7 Å². The van der Waals surface area contributed by atoms with Crippen molar-refractivity contribution < 1.29 is 23.8 Å². The van der Waals surface area contributed by atoms with Gasteiger partial charge in [0.15, 0.2) is 11.5 Å². The highest BCUT2D eigenvalue weighted by atomic mass is 16.7. The van der Waals surface area contributed by atoms with E-state index in [1.807, 2.05) is 53.6 Å². The van der Waals surface area contributed by atoms with Crippen LogP contribution in [0.15, 0.2) is 72.9 Å². The van der Waals surface area contributed by atoms with Crippen molar-refractivity contribution in [3.63, 3.8) is 0 Å². The maximum Gasteiger partial charge on any atom is 0.254 e. The lowest BCUT2D eigenvalue weighted by Gasteiger charge is -2.28. The zero-order valence-corrected chi connectivity index (χ0v) is 23.0. The van der Waals surface area contributed by atoms with Gasteiger partial charge in [-0.1, -0.05) is 43.7 Å². The van der Waals surface area contributed by atoms with Crippen LogP contribution < -0.4 is 14.2 Å². The summed E-state index contributed by atoms with van der Waals surface area (Å²) in [6, 6.07) is 21.1. The molecule has 2 heterocycles. The molecule has 0 saturated heterocycles. The second-order valence-electron chi connectivity index (χ2n) is 9.92. The van der Waals surface area contributed by atoms with E-state index in [4.69, 9.17) is 14.2 Å². The summed E-state index contributed by atoms with van der Waals surface area (Å²) in [5.41, 5.74) is 3.71. The van der Waals surface area contributed by atoms with E-state index >= 15 is 0 Å². The highest BCUT2D eigenvalue weighted by Gasteiger charge is 2.24. The number of ether oxygens (including phenoxy) is 3. The van der Waals surface area contributed by atoms with Crippen LogP contribution in [0.4, 0.5) is 0 Å². The van der Waals surface area contributed by atoms with Crippen LogP contribution in [0, 0.1) is 0 Å². The van der Waals surface area contributed by atoms with Gasteiger partial charge in [-0.2, -0.15) is 0 Å². The minimum absolute atomic E-state index is 0.00266. The molecule has 0 fully saturated rings. The molecule has 0 unspecified atom stereocenters. The highest BCUT2D eigenvalue weighted by molar-refractivity contribution is 5.97. The second-order valence-corrected chi connectivity index (χ2v) is 9.92. The number of para-hydroxylation sites is 1. The van der Waals surface area contributed by atoms with Crippen LogP contribution in [-0.4, -0.2) is 60.1 Å². The van der Waals surface area contributed by atoms with Gasteiger partial charge in [0.05, 0.1) is 7.11 Å². The summed E-state index contributed by atoms with van der Waals surface area (Å²) in [4.78, 5) is 34.2. The molecule has 0 aliphatic carbocycles. The van der Waals surface area contributed by atoms with Crippen LogP contribution in [0.3, 0.4) is 0 Å². The van der Waals surface area contributed by atoms with Crippen molar-refractivity contribution in [2.24, 2.45) is 0 Å². The standard InChI is InChI=1S/C32H35N3O5/c1-3-4-16-35(32(37)24-11-14-29-30(18-24)40-22-39-29)21-31(36)34(20-23-9-12-26(38-2)13-10-23)17-15-25-19-33-28-8-6-5-7-27(25)28/h5-14,18-19,33H,3-4,15-17,20-22H2,1-2H3. The van der Waals surface area contributed by atoms with E-state index in [0.717, 1.165) is 40.6 Å². The number of H-pyrrole nitrogens is 1. The first kappa shape index (κ1) is 27.1. The molecule has 1 aromatic heterocycles. The monoisotopic (exact) mass is 541 g/mol. The fraction of sp³-hybridized carbons (Fsp3) is 0.312. The summed E-state index contributed by atoms with van der Waals surface area (Å²) in [6.45, 7) is 3.66. The summed E-state index contributed by atoms with van der Waals surface area (Å²) in [5, 5.41) is 1.15. The van der Waals surface area contributed by atoms with E-state index in [1.54, 1.807) is 30.2 Å². The Morgan fingerprint density at radius 3 is 2.55 bits per heavy atom. The number of fused-ring (bicyclic) bond motifs is 2. The number of carbonyl (C=O) groups is 2. The molecule has 3 aromatic carbocycles. The number of unbranched alkanes of at least 4 members (excludes halogenated alkanes) is 1. The normalized spacial score (nSPS) is 11.9. The lowest BCUT2D eigenvalue weighted by molar-refractivity contribution is -0.132. The van der Waals surface area contributed by atoms with Crippen LogP contribution >= 0.6 is 0 Å². The van der Waals surface area contributed by atoms with E-state index in [1.165, 1.54) is 0 Å². The second kappa shape index (κ2) is 12.6. The molecule has 0 bridgehead atoms. The fourth-order valence-electron chi connectivity index (χ4n) is 4.91. The summed E-state index contributed by atoms with van der Waals surface area (Å²) in [5.74, 6) is 1.64. The first-order valence-electron chi connectivity index (χ1n) is 13.7. The average molecular weight is 542 g/mol. The highest BCUT2D eigenvalue weighted by Crippen LogP contribution is 2.33. The molecule has 8 nitrogen and oxygen atoms in total. The maximum atomic E-state index is 13.8.